The predicted molar refractivity (Wildman–Crippen MR) is 62.3 cm³/mol. The van der Waals surface area contributed by atoms with Crippen LogP contribution in [-0.2, 0) is 0 Å². The molecule has 1 unspecified atom stereocenters. The average Bonchev–Trinajstić information content (AvgIpc) is 2.11. The first-order chi connectivity index (χ1) is 6.64. The van der Waals surface area contributed by atoms with Crippen molar-refractivity contribution in [3.8, 4) is 0 Å². The number of hydrogen-bond donors (Lipinski definition) is 2. The first-order valence-corrected chi connectivity index (χ1v) is 6.07. The highest BCUT2D eigenvalue weighted by molar-refractivity contribution is 4.83. The molecule has 0 radical (unpaired) electrons. The number of nitrogens with two attached hydrogens (primary N) is 1. The van der Waals surface area contributed by atoms with Crippen molar-refractivity contribution in [2.75, 3.05) is 13.1 Å². The highest BCUT2D eigenvalue weighted by Crippen LogP contribution is 2.34. The van der Waals surface area contributed by atoms with E-state index in [1.165, 1.54) is 32.1 Å². The van der Waals surface area contributed by atoms with E-state index in [9.17, 15) is 0 Å². The van der Waals surface area contributed by atoms with Gasteiger partial charge in [0.25, 0.3) is 0 Å². The second-order valence-electron chi connectivity index (χ2n) is 5.41. The SMILES string of the molecule is CC1(C)CCCC(NCCCCN)C1. The van der Waals surface area contributed by atoms with Crippen LogP contribution in [-0.4, -0.2) is 19.1 Å². The molecule has 0 spiro atoms. The van der Waals surface area contributed by atoms with Gasteiger partial charge in [-0.1, -0.05) is 20.3 Å². The van der Waals surface area contributed by atoms with Crippen LogP contribution >= 0.6 is 0 Å². The van der Waals surface area contributed by atoms with Gasteiger partial charge in [-0.15, -0.1) is 0 Å². The van der Waals surface area contributed by atoms with Crippen molar-refractivity contribution in [2.24, 2.45) is 11.1 Å². The fraction of sp³-hybridized carbons (Fsp3) is 1.00. The molecule has 1 fully saturated rings. The van der Waals surface area contributed by atoms with E-state index in [1.807, 2.05) is 0 Å². The molecule has 0 saturated heterocycles. The molecule has 1 atom stereocenters. The molecule has 3 N–H and O–H groups in total. The van der Waals surface area contributed by atoms with E-state index >= 15 is 0 Å². The van der Waals surface area contributed by atoms with E-state index in [2.05, 4.69) is 19.2 Å². The minimum atomic E-state index is 0.559. The molecule has 0 aromatic heterocycles. The number of nitrogens with one attached hydrogen (secondary N) is 1. The minimum Gasteiger partial charge on any atom is -0.330 e. The Morgan fingerprint density at radius 2 is 2.14 bits per heavy atom. The van der Waals surface area contributed by atoms with Crippen molar-refractivity contribution in [1.82, 2.24) is 5.32 Å². The largest absolute Gasteiger partial charge is 0.330 e. The average molecular weight is 198 g/mol. The van der Waals surface area contributed by atoms with Crippen molar-refractivity contribution in [2.45, 2.75) is 58.4 Å². The maximum atomic E-state index is 5.46. The van der Waals surface area contributed by atoms with E-state index in [0.717, 1.165) is 25.6 Å². The number of hydrogen-bond acceptors (Lipinski definition) is 2. The van der Waals surface area contributed by atoms with Gasteiger partial charge in [-0.2, -0.15) is 0 Å². The van der Waals surface area contributed by atoms with Gasteiger partial charge in [-0.3, -0.25) is 0 Å². The molecule has 1 saturated carbocycles. The lowest BCUT2D eigenvalue weighted by Crippen LogP contribution is -2.37. The first kappa shape index (κ1) is 12.0. The summed E-state index contributed by atoms with van der Waals surface area (Å²) in [7, 11) is 0. The van der Waals surface area contributed by atoms with Crippen LogP contribution in [0.4, 0.5) is 0 Å². The number of unbranched alkanes of at least 4 members (excludes halogenated alkanes) is 1. The van der Waals surface area contributed by atoms with E-state index in [-0.39, 0.29) is 0 Å². The van der Waals surface area contributed by atoms with E-state index in [1.54, 1.807) is 0 Å². The quantitative estimate of drug-likeness (QED) is 0.665. The highest BCUT2D eigenvalue weighted by atomic mass is 14.9. The fourth-order valence-electron chi connectivity index (χ4n) is 2.45. The van der Waals surface area contributed by atoms with Crippen LogP contribution in [0, 0.1) is 5.41 Å². The zero-order valence-electron chi connectivity index (χ0n) is 9.81. The zero-order chi connectivity index (χ0) is 10.4. The van der Waals surface area contributed by atoms with Gasteiger partial charge in [0, 0.05) is 6.04 Å². The Kier molecular flexibility index (Phi) is 4.90. The summed E-state index contributed by atoms with van der Waals surface area (Å²) >= 11 is 0. The van der Waals surface area contributed by atoms with Crippen molar-refractivity contribution in [3.05, 3.63) is 0 Å². The Balaban J connectivity index is 2.12. The fourth-order valence-corrected chi connectivity index (χ4v) is 2.45. The monoisotopic (exact) mass is 198 g/mol. The van der Waals surface area contributed by atoms with Crippen LogP contribution in [0.2, 0.25) is 0 Å². The van der Waals surface area contributed by atoms with Crippen LogP contribution in [0.5, 0.6) is 0 Å². The summed E-state index contributed by atoms with van der Waals surface area (Å²) in [5.41, 5.74) is 6.02. The van der Waals surface area contributed by atoms with Gasteiger partial charge in [0.1, 0.15) is 0 Å². The van der Waals surface area contributed by atoms with Crippen LogP contribution in [0.25, 0.3) is 0 Å². The summed E-state index contributed by atoms with van der Waals surface area (Å²) in [4.78, 5) is 0. The van der Waals surface area contributed by atoms with E-state index < -0.39 is 0 Å². The lowest BCUT2D eigenvalue weighted by Gasteiger charge is -2.35. The van der Waals surface area contributed by atoms with Crippen LogP contribution in [0.1, 0.15) is 52.4 Å². The van der Waals surface area contributed by atoms with Crippen LogP contribution in [0.15, 0.2) is 0 Å². The molecule has 1 rings (SSSR count). The summed E-state index contributed by atoms with van der Waals surface area (Å²) in [6.07, 6.45) is 7.88. The van der Waals surface area contributed by atoms with Gasteiger partial charge in [-0.25, -0.2) is 0 Å². The van der Waals surface area contributed by atoms with E-state index in [0.29, 0.717) is 5.41 Å². The Bertz CT molecular complexity index is 154. The summed E-state index contributed by atoms with van der Waals surface area (Å²) in [6, 6.07) is 0.761. The first-order valence-electron chi connectivity index (χ1n) is 6.07. The lowest BCUT2D eigenvalue weighted by molar-refractivity contribution is 0.198. The highest BCUT2D eigenvalue weighted by Gasteiger charge is 2.27. The standard InChI is InChI=1S/C12H26N2/c1-12(2)7-5-6-11(10-12)14-9-4-3-8-13/h11,14H,3-10,13H2,1-2H3. The Labute approximate surface area is 88.6 Å². The van der Waals surface area contributed by atoms with Crippen LogP contribution < -0.4 is 11.1 Å². The van der Waals surface area contributed by atoms with Gasteiger partial charge in [0.05, 0.1) is 0 Å². The Hall–Kier alpha value is -0.0800. The summed E-state index contributed by atoms with van der Waals surface area (Å²) < 4.78 is 0. The Morgan fingerprint density at radius 3 is 2.79 bits per heavy atom. The molecule has 0 aromatic rings. The summed E-state index contributed by atoms with van der Waals surface area (Å²) in [5.74, 6) is 0. The van der Waals surface area contributed by atoms with Gasteiger partial charge in [-0.05, 0) is 50.6 Å². The molecule has 1 aliphatic carbocycles. The second-order valence-corrected chi connectivity index (χ2v) is 5.41. The normalized spacial score (nSPS) is 26.4. The topological polar surface area (TPSA) is 38.0 Å². The minimum absolute atomic E-state index is 0.559. The molecule has 84 valence electrons. The third-order valence-electron chi connectivity index (χ3n) is 3.27. The van der Waals surface area contributed by atoms with Gasteiger partial charge in [0.2, 0.25) is 0 Å². The molecule has 0 bridgehead atoms. The van der Waals surface area contributed by atoms with Crippen LogP contribution in [0.3, 0.4) is 0 Å². The van der Waals surface area contributed by atoms with Gasteiger partial charge < -0.3 is 11.1 Å². The summed E-state index contributed by atoms with van der Waals surface area (Å²) in [5, 5.41) is 3.66. The zero-order valence-corrected chi connectivity index (χ0v) is 9.81. The molecule has 0 aliphatic heterocycles. The maximum absolute atomic E-state index is 5.46. The predicted octanol–water partition coefficient (Wildman–Crippen LogP) is 2.28. The molecule has 0 aromatic carbocycles. The van der Waals surface area contributed by atoms with Gasteiger partial charge in [0.15, 0.2) is 0 Å². The van der Waals surface area contributed by atoms with E-state index in [4.69, 9.17) is 5.73 Å². The van der Waals surface area contributed by atoms with Crippen molar-refractivity contribution < 1.29 is 0 Å². The maximum Gasteiger partial charge on any atom is 0.00721 e. The third kappa shape index (κ3) is 4.43. The number of rotatable bonds is 5. The molecular formula is C12H26N2. The van der Waals surface area contributed by atoms with Gasteiger partial charge >= 0.3 is 0 Å². The Morgan fingerprint density at radius 1 is 1.36 bits per heavy atom. The molecule has 0 amide bonds. The third-order valence-corrected chi connectivity index (χ3v) is 3.27. The van der Waals surface area contributed by atoms with Crippen molar-refractivity contribution >= 4 is 0 Å². The second kappa shape index (κ2) is 5.72. The van der Waals surface area contributed by atoms with Crippen molar-refractivity contribution in [1.29, 1.82) is 0 Å². The van der Waals surface area contributed by atoms with Crippen molar-refractivity contribution in [3.63, 3.8) is 0 Å². The summed E-state index contributed by atoms with van der Waals surface area (Å²) in [6.45, 7) is 6.76. The molecule has 1 aliphatic rings. The molecular weight excluding hydrogens is 172 g/mol. The smallest absolute Gasteiger partial charge is 0.00721 e. The lowest BCUT2D eigenvalue weighted by atomic mass is 9.75. The molecule has 2 heteroatoms. The molecule has 14 heavy (non-hydrogen) atoms. The molecule has 0 heterocycles. The molecule has 2 nitrogen and oxygen atoms in total.